The molecule has 0 aliphatic heterocycles. The van der Waals surface area contributed by atoms with Gasteiger partial charge in [0.25, 0.3) is 10.1 Å². The van der Waals surface area contributed by atoms with Crippen molar-refractivity contribution in [3.63, 3.8) is 0 Å². The lowest BCUT2D eigenvalue weighted by Gasteiger charge is -2.08. The van der Waals surface area contributed by atoms with Crippen LogP contribution in [0.15, 0.2) is 53.4 Å². The molecule has 0 spiro atoms. The zero-order valence-corrected chi connectivity index (χ0v) is 11.4. The van der Waals surface area contributed by atoms with Crippen molar-refractivity contribution in [2.75, 3.05) is 10.6 Å². The molecule has 3 N–H and O–H groups in total. The van der Waals surface area contributed by atoms with E-state index >= 15 is 0 Å². The number of hydrogen-bond acceptors (Lipinski definition) is 3. The quantitative estimate of drug-likeness (QED) is 0.760. The van der Waals surface area contributed by atoms with Crippen molar-refractivity contribution in [2.24, 2.45) is 0 Å². The summed E-state index contributed by atoms with van der Waals surface area (Å²) < 4.78 is 43.2. The lowest BCUT2D eigenvalue weighted by Crippen LogP contribution is -2.19. The molecule has 2 aromatic carbocycles. The summed E-state index contributed by atoms with van der Waals surface area (Å²) >= 11 is 0. The normalized spacial score (nSPS) is 11.0. The number of rotatable bonds is 3. The lowest BCUT2D eigenvalue weighted by atomic mass is 10.3. The Morgan fingerprint density at radius 2 is 1.33 bits per heavy atom. The van der Waals surface area contributed by atoms with E-state index in [-0.39, 0.29) is 4.90 Å². The summed E-state index contributed by atoms with van der Waals surface area (Å²) in [5.41, 5.74) is 0.741. The van der Waals surface area contributed by atoms with E-state index in [1.54, 1.807) is 0 Å². The highest BCUT2D eigenvalue weighted by atomic mass is 32.2. The Hall–Kier alpha value is -2.45. The first-order valence-electron chi connectivity index (χ1n) is 5.76. The zero-order valence-electron chi connectivity index (χ0n) is 10.6. The van der Waals surface area contributed by atoms with Gasteiger partial charge in [-0.15, -0.1) is 0 Å². The van der Waals surface area contributed by atoms with Crippen LogP contribution in [-0.2, 0) is 10.1 Å². The number of urea groups is 1. The van der Waals surface area contributed by atoms with Crippen LogP contribution < -0.4 is 10.6 Å². The summed E-state index contributed by atoms with van der Waals surface area (Å²) in [4.78, 5) is 11.4. The minimum atomic E-state index is -4.26. The molecule has 0 fully saturated rings. The molecule has 0 aliphatic carbocycles. The largest absolute Gasteiger partial charge is 0.323 e. The maximum absolute atomic E-state index is 12.7. The second-order valence-corrected chi connectivity index (χ2v) is 5.51. The Kier molecular flexibility index (Phi) is 4.20. The number of carbonyl (C=O) groups is 1. The summed E-state index contributed by atoms with van der Waals surface area (Å²) in [6.45, 7) is 0. The van der Waals surface area contributed by atoms with E-state index in [1.165, 1.54) is 36.4 Å². The average Bonchev–Trinajstić information content (AvgIpc) is 2.41. The molecule has 0 unspecified atom stereocenters. The van der Waals surface area contributed by atoms with E-state index in [0.29, 0.717) is 11.4 Å². The fourth-order valence-electron chi connectivity index (χ4n) is 1.54. The van der Waals surface area contributed by atoms with Crippen LogP contribution in [0.4, 0.5) is 20.6 Å². The minimum Gasteiger partial charge on any atom is -0.308 e. The number of hydrogen-bond donors (Lipinski definition) is 3. The summed E-state index contributed by atoms with van der Waals surface area (Å²) in [7, 11) is -4.26. The molecule has 2 aromatic rings. The van der Waals surface area contributed by atoms with Gasteiger partial charge in [-0.2, -0.15) is 8.42 Å². The van der Waals surface area contributed by atoms with Gasteiger partial charge in [-0.1, -0.05) is 0 Å². The Morgan fingerprint density at radius 1 is 0.905 bits per heavy atom. The zero-order chi connectivity index (χ0) is 15.5. The van der Waals surface area contributed by atoms with Gasteiger partial charge in [0, 0.05) is 11.4 Å². The van der Waals surface area contributed by atoms with Crippen LogP contribution in [0.1, 0.15) is 0 Å². The van der Waals surface area contributed by atoms with E-state index in [2.05, 4.69) is 10.6 Å². The van der Waals surface area contributed by atoms with Crippen LogP contribution in [0.5, 0.6) is 0 Å². The van der Waals surface area contributed by atoms with Crippen LogP contribution in [0, 0.1) is 5.82 Å². The summed E-state index contributed by atoms with van der Waals surface area (Å²) in [6.07, 6.45) is 0. The fraction of sp³-hybridized carbons (Fsp3) is 0. The van der Waals surface area contributed by atoms with Gasteiger partial charge in [-0.05, 0) is 48.5 Å². The number of carbonyl (C=O) groups excluding carboxylic acids is 1. The highest BCUT2D eigenvalue weighted by Gasteiger charge is 2.09. The number of halogens is 1. The van der Waals surface area contributed by atoms with E-state index in [4.69, 9.17) is 4.55 Å². The number of nitrogens with one attached hydrogen (secondary N) is 2. The van der Waals surface area contributed by atoms with Crippen LogP contribution in [-0.4, -0.2) is 19.0 Å². The van der Waals surface area contributed by atoms with Crippen molar-refractivity contribution in [2.45, 2.75) is 4.90 Å². The molecule has 0 saturated heterocycles. The Bertz CT molecular complexity index is 743. The Balaban J connectivity index is 2.01. The Morgan fingerprint density at radius 3 is 1.76 bits per heavy atom. The second-order valence-electron chi connectivity index (χ2n) is 4.09. The summed E-state index contributed by atoms with van der Waals surface area (Å²) in [5.74, 6) is -0.415. The Labute approximate surface area is 120 Å². The molecule has 8 heteroatoms. The molecule has 0 atom stereocenters. The van der Waals surface area contributed by atoms with Crippen molar-refractivity contribution in [1.82, 2.24) is 0 Å². The smallest absolute Gasteiger partial charge is 0.308 e. The molecule has 2 rings (SSSR count). The molecule has 0 radical (unpaired) electrons. The van der Waals surface area contributed by atoms with Crippen molar-refractivity contribution < 1.29 is 22.2 Å². The maximum Gasteiger partial charge on any atom is 0.323 e. The van der Waals surface area contributed by atoms with E-state index < -0.39 is 22.0 Å². The van der Waals surface area contributed by atoms with Gasteiger partial charge in [0.15, 0.2) is 0 Å². The van der Waals surface area contributed by atoms with Crippen molar-refractivity contribution >= 4 is 27.5 Å². The van der Waals surface area contributed by atoms with Crippen LogP contribution in [0.25, 0.3) is 0 Å². The maximum atomic E-state index is 12.7. The van der Waals surface area contributed by atoms with Crippen LogP contribution in [0.2, 0.25) is 0 Å². The predicted octanol–water partition coefficient (Wildman–Crippen LogP) is 2.72. The molecule has 0 saturated carbocycles. The van der Waals surface area contributed by atoms with Gasteiger partial charge >= 0.3 is 6.03 Å². The molecule has 21 heavy (non-hydrogen) atoms. The number of anilines is 2. The third-order valence-electron chi connectivity index (χ3n) is 2.51. The fourth-order valence-corrected chi connectivity index (χ4v) is 2.02. The molecular weight excluding hydrogens is 299 g/mol. The highest BCUT2D eigenvalue weighted by Crippen LogP contribution is 2.14. The van der Waals surface area contributed by atoms with E-state index in [9.17, 15) is 17.6 Å². The van der Waals surface area contributed by atoms with Gasteiger partial charge < -0.3 is 10.6 Å². The van der Waals surface area contributed by atoms with E-state index in [1.807, 2.05) is 0 Å². The number of amides is 2. The third-order valence-corrected chi connectivity index (χ3v) is 3.38. The summed E-state index contributed by atoms with van der Waals surface area (Å²) in [6, 6.07) is 9.60. The standard InChI is InChI=1S/C13H11FN2O4S/c14-9-1-3-10(4-2-9)15-13(17)16-11-5-7-12(8-6-11)21(18,19)20/h1-8H,(H2,15,16,17)(H,18,19,20). The molecule has 0 aliphatic rings. The monoisotopic (exact) mass is 310 g/mol. The van der Waals surface area contributed by atoms with Gasteiger partial charge in [0.1, 0.15) is 5.82 Å². The molecule has 2 amide bonds. The van der Waals surface area contributed by atoms with Crippen LogP contribution in [0.3, 0.4) is 0 Å². The molecule has 0 aromatic heterocycles. The molecule has 0 bridgehead atoms. The van der Waals surface area contributed by atoms with Gasteiger partial charge in [-0.3, -0.25) is 4.55 Å². The van der Waals surface area contributed by atoms with Gasteiger partial charge in [-0.25, -0.2) is 9.18 Å². The first-order valence-corrected chi connectivity index (χ1v) is 7.20. The SMILES string of the molecule is O=C(Nc1ccc(F)cc1)Nc1ccc(S(=O)(=O)O)cc1. The first-order chi connectivity index (χ1) is 9.84. The predicted molar refractivity (Wildman–Crippen MR) is 75.3 cm³/mol. The topological polar surface area (TPSA) is 95.5 Å². The average molecular weight is 310 g/mol. The van der Waals surface area contributed by atoms with Crippen LogP contribution >= 0.6 is 0 Å². The molecule has 110 valence electrons. The number of benzene rings is 2. The molecular formula is C13H11FN2O4S. The van der Waals surface area contributed by atoms with Crippen molar-refractivity contribution in [3.8, 4) is 0 Å². The molecule has 0 heterocycles. The lowest BCUT2D eigenvalue weighted by molar-refractivity contribution is 0.262. The van der Waals surface area contributed by atoms with Crippen molar-refractivity contribution in [1.29, 1.82) is 0 Å². The summed E-state index contributed by atoms with van der Waals surface area (Å²) in [5, 5.41) is 4.94. The van der Waals surface area contributed by atoms with Gasteiger partial charge in [0.2, 0.25) is 0 Å². The second kappa shape index (κ2) is 5.90. The molecule has 6 nitrogen and oxygen atoms in total. The third kappa shape index (κ3) is 4.26. The first kappa shape index (κ1) is 14.9. The minimum absolute atomic E-state index is 0.271. The van der Waals surface area contributed by atoms with Crippen molar-refractivity contribution in [3.05, 3.63) is 54.3 Å². The highest BCUT2D eigenvalue weighted by molar-refractivity contribution is 7.85. The van der Waals surface area contributed by atoms with E-state index in [0.717, 1.165) is 12.1 Å². The van der Waals surface area contributed by atoms with Gasteiger partial charge in [0.05, 0.1) is 4.90 Å².